The molecule has 0 aromatic rings. The van der Waals surface area contributed by atoms with Crippen molar-refractivity contribution in [3.8, 4) is 0 Å². The maximum atomic E-state index is 9.10. The second-order valence-electron chi connectivity index (χ2n) is 2.61. The molecule has 0 bridgehead atoms. The summed E-state index contributed by atoms with van der Waals surface area (Å²) in [7, 11) is 0. The molecule has 1 heterocycles. The normalized spacial score (nSPS) is 18.3. The Labute approximate surface area is 83.6 Å². The summed E-state index contributed by atoms with van der Waals surface area (Å²) in [5.41, 5.74) is 10.5. The third-order valence-corrected chi connectivity index (χ3v) is 1.15. The molecule has 5 N–H and O–H groups in total. The number of guanidine groups is 2. The number of nitrogens with two attached hydrogens (primary N) is 2. The number of aliphatic imine (C=N–C) groups is 2. The number of hydrogen-bond acceptors (Lipinski definition) is 6. The fourth-order valence-corrected chi connectivity index (χ4v) is 0.659. The van der Waals surface area contributed by atoms with Crippen molar-refractivity contribution in [1.82, 2.24) is 5.06 Å². The summed E-state index contributed by atoms with van der Waals surface area (Å²) in [6, 6.07) is 0. The first kappa shape index (κ1) is 12.4. The van der Waals surface area contributed by atoms with E-state index in [-0.39, 0.29) is 17.7 Å². The van der Waals surface area contributed by atoms with E-state index in [0.29, 0.717) is 5.06 Å². The average molecular weight is 199 g/mol. The summed E-state index contributed by atoms with van der Waals surface area (Å²) >= 11 is 0. The molecule has 6 nitrogen and oxygen atoms in total. The maximum absolute atomic E-state index is 9.10. The molecule has 80 valence electrons. The standard InChI is InChI=1S/C5H9N5O.C3H8/c1-2-3-8-4(6)9-5(7)10(3)11;1-3-2/h2,11H,1H3,(H4,6,7,8,9);3H2,1-2H3/b3-2+;. The van der Waals surface area contributed by atoms with Gasteiger partial charge in [0.25, 0.3) is 0 Å². The Kier molecular flexibility index (Phi) is 5.31. The van der Waals surface area contributed by atoms with E-state index in [1.54, 1.807) is 13.0 Å². The van der Waals surface area contributed by atoms with Gasteiger partial charge >= 0.3 is 0 Å². The molecule has 0 atom stereocenters. The zero-order valence-corrected chi connectivity index (χ0v) is 8.73. The van der Waals surface area contributed by atoms with Crippen LogP contribution < -0.4 is 11.5 Å². The molecular formula is C8H17N5O. The maximum Gasteiger partial charge on any atom is 0.229 e. The van der Waals surface area contributed by atoms with Gasteiger partial charge in [0.15, 0.2) is 5.82 Å². The van der Waals surface area contributed by atoms with E-state index in [0.717, 1.165) is 0 Å². The Morgan fingerprint density at radius 3 is 2.29 bits per heavy atom. The molecule has 0 spiro atoms. The molecule has 0 radical (unpaired) electrons. The molecular weight excluding hydrogens is 182 g/mol. The minimum atomic E-state index is -0.0781. The summed E-state index contributed by atoms with van der Waals surface area (Å²) in [5, 5.41) is 9.76. The van der Waals surface area contributed by atoms with Crippen LogP contribution in [0.5, 0.6) is 0 Å². The van der Waals surface area contributed by atoms with Crippen molar-refractivity contribution in [2.24, 2.45) is 21.5 Å². The molecule has 0 aliphatic carbocycles. The third kappa shape index (κ3) is 3.44. The van der Waals surface area contributed by atoms with Crippen LogP contribution in [0.25, 0.3) is 0 Å². The van der Waals surface area contributed by atoms with Crippen LogP contribution in [-0.4, -0.2) is 22.2 Å². The predicted octanol–water partition coefficient (Wildman–Crippen LogP) is 0.598. The van der Waals surface area contributed by atoms with Crippen LogP contribution >= 0.6 is 0 Å². The van der Waals surface area contributed by atoms with Crippen LogP contribution in [0.1, 0.15) is 27.2 Å². The first-order chi connectivity index (χ1) is 6.56. The van der Waals surface area contributed by atoms with Gasteiger partial charge in [-0.05, 0) is 13.0 Å². The highest BCUT2D eigenvalue weighted by Gasteiger charge is 2.14. The molecule has 1 aliphatic heterocycles. The second-order valence-corrected chi connectivity index (χ2v) is 2.61. The van der Waals surface area contributed by atoms with Crippen molar-refractivity contribution in [2.75, 3.05) is 0 Å². The Balaban J connectivity index is 0.000000500. The molecule has 0 aromatic carbocycles. The SMILES string of the molecule is C/C=C1\N=C(N)N=C(N)N1O.CCC. The highest BCUT2D eigenvalue weighted by atomic mass is 16.5. The molecule has 0 aromatic heterocycles. The van der Waals surface area contributed by atoms with E-state index in [9.17, 15) is 0 Å². The van der Waals surface area contributed by atoms with Crippen LogP contribution in [0.4, 0.5) is 0 Å². The van der Waals surface area contributed by atoms with E-state index >= 15 is 0 Å². The Morgan fingerprint density at radius 1 is 1.36 bits per heavy atom. The van der Waals surface area contributed by atoms with Crippen molar-refractivity contribution in [3.63, 3.8) is 0 Å². The van der Waals surface area contributed by atoms with Crippen molar-refractivity contribution >= 4 is 11.9 Å². The van der Waals surface area contributed by atoms with E-state index in [1.165, 1.54) is 6.42 Å². The Bertz CT molecular complexity index is 269. The van der Waals surface area contributed by atoms with E-state index in [2.05, 4.69) is 23.8 Å². The van der Waals surface area contributed by atoms with Crippen LogP contribution in [0, 0.1) is 0 Å². The summed E-state index contributed by atoms with van der Waals surface area (Å²) in [6.07, 6.45) is 2.81. The molecule has 0 saturated heterocycles. The van der Waals surface area contributed by atoms with Crippen molar-refractivity contribution in [2.45, 2.75) is 27.2 Å². The summed E-state index contributed by atoms with van der Waals surface area (Å²) in [5.74, 6) is 0.238. The fraction of sp³-hybridized carbons (Fsp3) is 0.500. The molecule has 14 heavy (non-hydrogen) atoms. The number of nitrogens with zero attached hydrogens (tertiary/aromatic N) is 3. The zero-order valence-electron chi connectivity index (χ0n) is 8.73. The van der Waals surface area contributed by atoms with Crippen LogP contribution in [0.3, 0.4) is 0 Å². The lowest BCUT2D eigenvalue weighted by atomic mass is 10.5. The minimum Gasteiger partial charge on any atom is -0.368 e. The largest absolute Gasteiger partial charge is 0.368 e. The first-order valence-electron chi connectivity index (χ1n) is 4.40. The van der Waals surface area contributed by atoms with Gasteiger partial charge in [-0.2, -0.15) is 15.0 Å². The minimum absolute atomic E-state index is 0.0425. The average Bonchev–Trinajstić information content (AvgIpc) is 2.12. The fourth-order valence-electron chi connectivity index (χ4n) is 0.659. The quantitative estimate of drug-likeness (QED) is 0.531. The molecule has 0 fully saturated rings. The van der Waals surface area contributed by atoms with Gasteiger partial charge in [0.05, 0.1) is 0 Å². The molecule has 0 amide bonds. The Morgan fingerprint density at radius 2 is 1.86 bits per heavy atom. The highest BCUT2D eigenvalue weighted by Crippen LogP contribution is 2.06. The van der Waals surface area contributed by atoms with Gasteiger partial charge in [-0.3, -0.25) is 5.21 Å². The van der Waals surface area contributed by atoms with Gasteiger partial charge in [-0.15, -0.1) is 0 Å². The number of hydrogen-bond donors (Lipinski definition) is 3. The second kappa shape index (κ2) is 5.98. The van der Waals surface area contributed by atoms with Gasteiger partial charge in [0, 0.05) is 0 Å². The van der Waals surface area contributed by atoms with Gasteiger partial charge in [0.2, 0.25) is 11.9 Å². The van der Waals surface area contributed by atoms with Crippen molar-refractivity contribution in [3.05, 3.63) is 11.9 Å². The van der Waals surface area contributed by atoms with Crippen molar-refractivity contribution in [1.29, 1.82) is 0 Å². The molecule has 6 heteroatoms. The third-order valence-electron chi connectivity index (χ3n) is 1.15. The van der Waals surface area contributed by atoms with Crippen LogP contribution in [0.15, 0.2) is 21.9 Å². The number of rotatable bonds is 0. The zero-order chi connectivity index (χ0) is 11.1. The lowest BCUT2D eigenvalue weighted by Gasteiger charge is -2.18. The van der Waals surface area contributed by atoms with E-state index < -0.39 is 0 Å². The Hall–Kier alpha value is -1.56. The van der Waals surface area contributed by atoms with Gasteiger partial charge in [-0.1, -0.05) is 20.3 Å². The molecule has 0 saturated carbocycles. The molecule has 0 unspecified atom stereocenters. The van der Waals surface area contributed by atoms with Gasteiger partial charge < -0.3 is 11.5 Å². The predicted molar refractivity (Wildman–Crippen MR) is 56.6 cm³/mol. The first-order valence-corrected chi connectivity index (χ1v) is 4.40. The van der Waals surface area contributed by atoms with E-state index in [4.69, 9.17) is 16.7 Å². The summed E-state index contributed by atoms with van der Waals surface area (Å²) in [6.45, 7) is 5.95. The monoisotopic (exact) mass is 199 g/mol. The molecule has 1 rings (SSSR count). The lowest BCUT2D eigenvalue weighted by Crippen LogP contribution is -2.38. The van der Waals surface area contributed by atoms with Crippen LogP contribution in [0.2, 0.25) is 0 Å². The van der Waals surface area contributed by atoms with Gasteiger partial charge in [-0.25, -0.2) is 0 Å². The molecule has 1 aliphatic rings. The smallest absolute Gasteiger partial charge is 0.229 e. The van der Waals surface area contributed by atoms with Crippen LogP contribution in [-0.2, 0) is 0 Å². The van der Waals surface area contributed by atoms with Crippen molar-refractivity contribution < 1.29 is 5.21 Å². The number of allylic oxidation sites excluding steroid dienone is 1. The summed E-state index contributed by atoms with van der Waals surface area (Å²) in [4.78, 5) is 7.22. The van der Waals surface area contributed by atoms with Gasteiger partial charge in [0.1, 0.15) is 0 Å². The highest BCUT2D eigenvalue weighted by molar-refractivity contribution is 5.96. The topological polar surface area (TPSA) is 100 Å². The summed E-state index contributed by atoms with van der Waals surface area (Å²) < 4.78 is 0. The van der Waals surface area contributed by atoms with E-state index in [1.807, 2.05) is 0 Å². The number of hydroxylamine groups is 2. The lowest BCUT2D eigenvalue weighted by molar-refractivity contribution is 0.0183.